The zero-order valence-electron chi connectivity index (χ0n) is 20.9. The number of piperidine rings is 1. The van der Waals surface area contributed by atoms with Crippen LogP contribution >= 0.6 is 23.2 Å². The van der Waals surface area contributed by atoms with Gasteiger partial charge in [0.15, 0.2) is 0 Å². The molecule has 4 rings (SSSR count). The van der Waals surface area contributed by atoms with Crippen LogP contribution < -0.4 is 5.32 Å². The second kappa shape index (κ2) is 11.5. The van der Waals surface area contributed by atoms with Crippen LogP contribution in [0, 0.1) is 17.8 Å². The highest BCUT2D eigenvalue weighted by atomic mass is 35.5. The van der Waals surface area contributed by atoms with Gasteiger partial charge in [0, 0.05) is 34.0 Å². The van der Waals surface area contributed by atoms with E-state index in [0.717, 1.165) is 5.56 Å². The van der Waals surface area contributed by atoms with E-state index >= 15 is 0 Å². The number of nitrogens with zero attached hydrogens (tertiary/aromatic N) is 1. The van der Waals surface area contributed by atoms with E-state index in [1.807, 2.05) is 36.4 Å². The Morgan fingerprint density at radius 1 is 1.14 bits per heavy atom. The number of hydrogen-bond donors (Lipinski definition) is 2. The van der Waals surface area contributed by atoms with Crippen molar-refractivity contribution in [2.45, 2.75) is 50.7 Å². The van der Waals surface area contributed by atoms with Crippen LogP contribution in [-0.4, -0.2) is 54.2 Å². The van der Waals surface area contributed by atoms with Crippen molar-refractivity contribution in [1.29, 1.82) is 0 Å². The van der Waals surface area contributed by atoms with Crippen molar-refractivity contribution in [2.24, 2.45) is 17.8 Å². The van der Waals surface area contributed by atoms with Gasteiger partial charge in [0.05, 0.1) is 25.7 Å². The Bertz CT molecular complexity index is 1080. The molecule has 0 aromatic heterocycles. The van der Waals surface area contributed by atoms with E-state index in [-0.39, 0.29) is 42.2 Å². The van der Waals surface area contributed by atoms with E-state index in [2.05, 4.69) is 43.2 Å². The van der Waals surface area contributed by atoms with E-state index in [1.54, 1.807) is 0 Å². The molecular formula is C28H34Cl2N2O4. The van der Waals surface area contributed by atoms with Crippen molar-refractivity contribution in [3.8, 4) is 0 Å². The van der Waals surface area contributed by atoms with E-state index < -0.39 is 11.9 Å². The summed E-state index contributed by atoms with van der Waals surface area (Å²) in [6, 6.07) is 15.9. The molecule has 6 nitrogen and oxygen atoms in total. The van der Waals surface area contributed by atoms with Gasteiger partial charge in [-0.05, 0) is 60.7 Å². The van der Waals surface area contributed by atoms with Crippen LogP contribution in [0.3, 0.4) is 0 Å². The minimum absolute atomic E-state index is 0.0496. The highest BCUT2D eigenvalue weighted by Crippen LogP contribution is 2.43. The lowest BCUT2D eigenvalue weighted by Gasteiger charge is -2.47. The molecule has 2 aliphatic heterocycles. The molecule has 2 aromatic carbocycles. The van der Waals surface area contributed by atoms with Gasteiger partial charge in [0.1, 0.15) is 0 Å². The quantitative estimate of drug-likeness (QED) is 0.451. The highest BCUT2D eigenvalue weighted by molar-refractivity contribution is 6.30. The monoisotopic (exact) mass is 532 g/mol. The van der Waals surface area contributed by atoms with Gasteiger partial charge in [-0.25, -0.2) is 0 Å². The average Bonchev–Trinajstić information content (AvgIpc) is 2.79. The summed E-state index contributed by atoms with van der Waals surface area (Å²) in [4.78, 5) is 26.9. The van der Waals surface area contributed by atoms with Gasteiger partial charge in [-0.15, -0.1) is 0 Å². The summed E-state index contributed by atoms with van der Waals surface area (Å²) in [6.45, 7) is 5.80. The molecule has 36 heavy (non-hydrogen) atoms. The third kappa shape index (κ3) is 5.88. The van der Waals surface area contributed by atoms with Gasteiger partial charge in [0.2, 0.25) is 5.91 Å². The number of carbonyl (C=O) groups is 2. The van der Waals surface area contributed by atoms with Crippen LogP contribution in [0.2, 0.25) is 10.0 Å². The second-order valence-electron chi connectivity index (χ2n) is 10.3. The number of benzene rings is 2. The molecule has 2 heterocycles. The molecular weight excluding hydrogens is 499 g/mol. The third-order valence-corrected chi connectivity index (χ3v) is 8.58. The molecule has 6 atom stereocenters. The maximum Gasteiger partial charge on any atom is 0.304 e. The molecule has 194 valence electrons. The lowest BCUT2D eigenvalue weighted by Crippen LogP contribution is -2.55. The smallest absolute Gasteiger partial charge is 0.304 e. The van der Waals surface area contributed by atoms with Crippen LogP contribution in [-0.2, 0) is 14.3 Å². The van der Waals surface area contributed by atoms with Crippen molar-refractivity contribution >= 4 is 35.1 Å². The summed E-state index contributed by atoms with van der Waals surface area (Å²) < 4.78 is 5.48. The molecule has 1 amide bonds. The van der Waals surface area contributed by atoms with Crippen LogP contribution in [0.25, 0.3) is 0 Å². The van der Waals surface area contributed by atoms with E-state index in [1.165, 1.54) is 5.56 Å². The maximum atomic E-state index is 13.0. The predicted octanol–water partition coefficient (Wildman–Crippen LogP) is 5.40. The molecule has 2 fully saturated rings. The van der Waals surface area contributed by atoms with Crippen molar-refractivity contribution < 1.29 is 19.4 Å². The van der Waals surface area contributed by atoms with Gasteiger partial charge >= 0.3 is 5.97 Å². The first-order valence-corrected chi connectivity index (χ1v) is 13.2. The van der Waals surface area contributed by atoms with E-state index in [9.17, 15) is 14.7 Å². The van der Waals surface area contributed by atoms with Crippen molar-refractivity contribution in [3.63, 3.8) is 0 Å². The number of carbonyl (C=O) groups excluding carboxylic acids is 1. The molecule has 2 N–H and O–H groups in total. The molecule has 0 saturated carbocycles. The lowest BCUT2D eigenvalue weighted by atomic mass is 9.69. The first-order chi connectivity index (χ1) is 17.2. The average molecular weight is 533 g/mol. The zero-order chi connectivity index (χ0) is 26.0. The summed E-state index contributed by atoms with van der Waals surface area (Å²) >= 11 is 12.5. The minimum atomic E-state index is -0.966. The molecule has 0 spiro atoms. The minimum Gasteiger partial charge on any atom is -0.481 e. The van der Waals surface area contributed by atoms with Gasteiger partial charge in [0.25, 0.3) is 0 Å². The van der Waals surface area contributed by atoms with Gasteiger partial charge in [-0.2, -0.15) is 0 Å². The molecule has 0 aliphatic carbocycles. The first kappa shape index (κ1) is 26.9. The normalized spacial score (nSPS) is 25.1. The number of rotatable bonds is 9. The SMILES string of the molecule is CC(C(C)[C@@H]1NC(=O)[C@@H](CC(=O)O)C[C@@H]1c1cccc(Cl)c1)C(c1ccc(Cl)cc1)N(C)C1COC1. The maximum absolute atomic E-state index is 13.0. The molecule has 8 heteroatoms. The first-order valence-electron chi connectivity index (χ1n) is 12.5. The van der Waals surface area contributed by atoms with Gasteiger partial charge in [-0.3, -0.25) is 14.5 Å². The topological polar surface area (TPSA) is 78.9 Å². The molecule has 2 aliphatic rings. The Morgan fingerprint density at radius 3 is 2.42 bits per heavy atom. The Kier molecular flexibility index (Phi) is 8.61. The van der Waals surface area contributed by atoms with E-state index in [0.29, 0.717) is 35.7 Å². The van der Waals surface area contributed by atoms with Crippen molar-refractivity contribution in [3.05, 3.63) is 69.7 Å². The summed E-state index contributed by atoms with van der Waals surface area (Å²) in [5.74, 6) is -1.55. The molecule has 0 bridgehead atoms. The van der Waals surface area contributed by atoms with Crippen LogP contribution in [0.15, 0.2) is 48.5 Å². The summed E-state index contributed by atoms with van der Waals surface area (Å²) in [5.41, 5.74) is 2.18. The van der Waals surface area contributed by atoms with E-state index in [4.69, 9.17) is 27.9 Å². The number of halogens is 2. The second-order valence-corrected chi connectivity index (χ2v) is 11.2. The molecule has 2 aromatic rings. The number of amides is 1. The van der Waals surface area contributed by atoms with Gasteiger partial charge < -0.3 is 15.2 Å². The number of likely N-dealkylation sites (N-methyl/N-ethyl adjacent to an activating group) is 1. The molecule has 3 unspecified atom stereocenters. The fourth-order valence-electron chi connectivity index (χ4n) is 5.78. The fraction of sp³-hybridized carbons (Fsp3) is 0.500. The number of carboxylic acids is 1. The number of carboxylic acid groups (broad SMARTS) is 1. The number of ether oxygens (including phenoxy) is 1. The number of nitrogens with one attached hydrogen (secondary N) is 1. The van der Waals surface area contributed by atoms with Crippen LogP contribution in [0.1, 0.15) is 49.8 Å². The summed E-state index contributed by atoms with van der Waals surface area (Å²) in [6.07, 6.45) is 0.287. The van der Waals surface area contributed by atoms with Crippen molar-refractivity contribution in [2.75, 3.05) is 20.3 Å². The number of aliphatic carboxylic acids is 1. The fourth-order valence-corrected chi connectivity index (χ4v) is 6.10. The summed E-state index contributed by atoms with van der Waals surface area (Å²) in [7, 11) is 2.13. The Hall–Kier alpha value is -2.12. The Morgan fingerprint density at radius 2 is 1.83 bits per heavy atom. The summed E-state index contributed by atoms with van der Waals surface area (Å²) in [5, 5.41) is 13.9. The van der Waals surface area contributed by atoms with Crippen molar-refractivity contribution in [1.82, 2.24) is 10.2 Å². The zero-order valence-corrected chi connectivity index (χ0v) is 22.4. The predicted molar refractivity (Wildman–Crippen MR) is 141 cm³/mol. The van der Waals surface area contributed by atoms with Gasteiger partial charge in [-0.1, -0.05) is 61.3 Å². The third-order valence-electron chi connectivity index (χ3n) is 8.09. The standard InChI is InChI=1S/C28H34Cl2N2O4/c1-16(17(2)27(32(3)23-14-36-15-23)18-7-9-21(29)10-8-18)26-24(19-5-4-6-22(30)11-19)12-20(13-25(33)34)28(35)31-26/h4-11,16-17,20,23-24,26-27H,12-15H2,1-3H3,(H,31,35)(H,33,34)/t16?,17?,20-,24-,26+,27?/m1/s1. The molecule has 2 saturated heterocycles. The largest absolute Gasteiger partial charge is 0.481 e. The van der Waals surface area contributed by atoms with Crippen LogP contribution in [0.4, 0.5) is 0 Å². The number of hydrogen-bond acceptors (Lipinski definition) is 4. The highest BCUT2D eigenvalue weighted by Gasteiger charge is 2.44. The van der Waals surface area contributed by atoms with Crippen LogP contribution in [0.5, 0.6) is 0 Å². The Labute approximate surface area is 222 Å². The molecule has 0 radical (unpaired) electrons. The lowest BCUT2D eigenvalue weighted by molar-refractivity contribution is -0.142. The Balaban J connectivity index is 1.66.